The molecular weight excluding hydrogens is 184 g/mol. The van der Waals surface area contributed by atoms with Gasteiger partial charge in [0.05, 0.1) is 5.56 Å². The summed E-state index contributed by atoms with van der Waals surface area (Å²) in [5.41, 5.74) is 0.231. The lowest BCUT2D eigenvalue weighted by Gasteiger charge is -2.17. The zero-order valence-electron chi connectivity index (χ0n) is 7.65. The number of ketones is 1. The van der Waals surface area contributed by atoms with E-state index < -0.39 is 11.6 Å². The van der Waals surface area contributed by atoms with Crippen LogP contribution in [0, 0.1) is 0 Å². The fourth-order valence-electron chi connectivity index (χ4n) is 1.46. The number of carbonyl (C=O) groups is 1. The largest absolute Gasteiger partial charge is 0.508 e. The van der Waals surface area contributed by atoms with Crippen molar-refractivity contribution in [3.05, 3.63) is 23.8 Å². The van der Waals surface area contributed by atoms with Crippen LogP contribution < -0.4 is 4.74 Å². The van der Waals surface area contributed by atoms with Crippen molar-refractivity contribution in [3.63, 3.8) is 0 Å². The molecule has 14 heavy (non-hydrogen) atoms. The normalized spacial score (nSPS) is 24.6. The summed E-state index contributed by atoms with van der Waals surface area (Å²) >= 11 is 0. The van der Waals surface area contributed by atoms with Crippen LogP contribution in [-0.2, 0) is 0 Å². The molecule has 1 atom stereocenters. The SMILES string of the molecule is CCC1(O)Oc2ccc(O)cc2C1=O. The van der Waals surface area contributed by atoms with Gasteiger partial charge in [0.2, 0.25) is 5.78 Å². The quantitative estimate of drug-likeness (QED) is 0.701. The van der Waals surface area contributed by atoms with E-state index in [1.807, 2.05) is 0 Å². The average Bonchev–Trinajstić information content (AvgIpc) is 2.42. The molecule has 0 fully saturated rings. The number of fused-ring (bicyclic) bond motifs is 1. The Bertz CT molecular complexity index is 399. The van der Waals surface area contributed by atoms with Crippen molar-refractivity contribution >= 4 is 5.78 Å². The van der Waals surface area contributed by atoms with E-state index in [1.165, 1.54) is 18.2 Å². The third-order valence-electron chi connectivity index (χ3n) is 2.32. The van der Waals surface area contributed by atoms with E-state index >= 15 is 0 Å². The van der Waals surface area contributed by atoms with Crippen LogP contribution in [0.3, 0.4) is 0 Å². The molecule has 1 unspecified atom stereocenters. The predicted molar refractivity (Wildman–Crippen MR) is 48.3 cm³/mol. The number of benzene rings is 1. The molecule has 1 aromatic rings. The maximum atomic E-state index is 11.6. The zero-order chi connectivity index (χ0) is 10.3. The third-order valence-corrected chi connectivity index (χ3v) is 2.32. The molecular formula is C10H10O4. The summed E-state index contributed by atoms with van der Waals surface area (Å²) in [4.78, 5) is 11.6. The van der Waals surface area contributed by atoms with Crippen LogP contribution in [0.15, 0.2) is 18.2 Å². The lowest BCUT2D eigenvalue weighted by molar-refractivity contribution is -0.0917. The van der Waals surface area contributed by atoms with E-state index in [0.717, 1.165) is 0 Å². The smallest absolute Gasteiger partial charge is 0.272 e. The molecule has 4 heteroatoms. The highest BCUT2D eigenvalue weighted by molar-refractivity contribution is 6.06. The van der Waals surface area contributed by atoms with Crippen molar-refractivity contribution in [2.75, 3.05) is 0 Å². The fraction of sp³-hybridized carbons (Fsp3) is 0.300. The first-order valence-electron chi connectivity index (χ1n) is 4.36. The van der Waals surface area contributed by atoms with Gasteiger partial charge in [-0.05, 0) is 18.2 Å². The van der Waals surface area contributed by atoms with Gasteiger partial charge in [-0.3, -0.25) is 4.79 Å². The molecule has 4 nitrogen and oxygen atoms in total. The van der Waals surface area contributed by atoms with Crippen LogP contribution in [0.2, 0.25) is 0 Å². The first kappa shape index (κ1) is 9.02. The molecule has 1 aliphatic heterocycles. The molecule has 74 valence electrons. The summed E-state index contributed by atoms with van der Waals surface area (Å²) in [5.74, 6) is -1.94. The second-order valence-electron chi connectivity index (χ2n) is 3.25. The Hall–Kier alpha value is -1.55. The van der Waals surface area contributed by atoms with Gasteiger partial charge < -0.3 is 14.9 Å². The lowest BCUT2D eigenvalue weighted by atomic mass is 10.0. The number of phenolic OH excluding ortho intramolecular Hbond substituents is 1. The molecule has 1 aliphatic rings. The second-order valence-corrected chi connectivity index (χ2v) is 3.25. The standard InChI is InChI=1S/C10H10O4/c1-2-10(13)9(12)7-5-6(11)3-4-8(7)14-10/h3-5,11,13H,2H2,1H3. The summed E-state index contributed by atoms with van der Waals surface area (Å²) < 4.78 is 5.11. The summed E-state index contributed by atoms with van der Waals surface area (Å²) in [6.45, 7) is 1.66. The van der Waals surface area contributed by atoms with E-state index in [0.29, 0.717) is 5.75 Å². The van der Waals surface area contributed by atoms with Gasteiger partial charge in [0, 0.05) is 6.42 Å². The number of rotatable bonds is 1. The van der Waals surface area contributed by atoms with Crippen molar-refractivity contribution in [1.29, 1.82) is 0 Å². The minimum Gasteiger partial charge on any atom is -0.508 e. The second kappa shape index (κ2) is 2.72. The zero-order valence-corrected chi connectivity index (χ0v) is 7.65. The molecule has 2 rings (SSSR count). The Morgan fingerprint density at radius 1 is 1.50 bits per heavy atom. The first-order valence-corrected chi connectivity index (χ1v) is 4.36. The van der Waals surface area contributed by atoms with Crippen molar-refractivity contribution in [3.8, 4) is 11.5 Å². The predicted octanol–water partition coefficient (Wildman–Crippen LogP) is 1.07. The minimum absolute atomic E-state index is 0.0129. The van der Waals surface area contributed by atoms with Crippen molar-refractivity contribution < 1.29 is 19.7 Å². The highest BCUT2D eigenvalue weighted by atomic mass is 16.6. The summed E-state index contributed by atoms with van der Waals surface area (Å²) in [6, 6.07) is 4.18. The lowest BCUT2D eigenvalue weighted by Crippen LogP contribution is -2.38. The highest BCUT2D eigenvalue weighted by Gasteiger charge is 2.45. The van der Waals surface area contributed by atoms with E-state index in [9.17, 15) is 9.90 Å². The van der Waals surface area contributed by atoms with Gasteiger partial charge in [-0.25, -0.2) is 0 Å². The van der Waals surface area contributed by atoms with Gasteiger partial charge in [-0.2, -0.15) is 0 Å². The van der Waals surface area contributed by atoms with Crippen LogP contribution in [0.5, 0.6) is 11.5 Å². The molecule has 2 N–H and O–H groups in total. The third kappa shape index (κ3) is 1.08. The molecule has 1 aromatic carbocycles. The number of aromatic hydroxyl groups is 1. The number of phenols is 1. The van der Waals surface area contributed by atoms with E-state index in [4.69, 9.17) is 9.84 Å². The van der Waals surface area contributed by atoms with Crippen molar-refractivity contribution in [1.82, 2.24) is 0 Å². The molecule has 0 aromatic heterocycles. The van der Waals surface area contributed by atoms with Crippen molar-refractivity contribution in [2.24, 2.45) is 0 Å². The summed E-state index contributed by atoms with van der Waals surface area (Å²) in [7, 11) is 0. The molecule has 0 saturated carbocycles. The van der Waals surface area contributed by atoms with Crippen LogP contribution in [0.4, 0.5) is 0 Å². The van der Waals surface area contributed by atoms with Crippen LogP contribution >= 0.6 is 0 Å². The Balaban J connectivity index is 2.51. The Morgan fingerprint density at radius 3 is 2.86 bits per heavy atom. The summed E-state index contributed by atoms with van der Waals surface area (Å²) in [5, 5.41) is 18.9. The van der Waals surface area contributed by atoms with Crippen molar-refractivity contribution in [2.45, 2.75) is 19.1 Å². The van der Waals surface area contributed by atoms with Gasteiger partial charge in [0.15, 0.2) is 0 Å². The molecule has 0 amide bonds. The van der Waals surface area contributed by atoms with Crippen LogP contribution in [0.1, 0.15) is 23.7 Å². The Labute approximate surface area is 80.7 Å². The molecule has 0 aliphatic carbocycles. The van der Waals surface area contributed by atoms with Gasteiger partial charge in [-0.15, -0.1) is 0 Å². The van der Waals surface area contributed by atoms with Gasteiger partial charge in [-0.1, -0.05) is 6.92 Å². The number of hydrogen-bond donors (Lipinski definition) is 2. The minimum atomic E-state index is -1.75. The molecule has 0 saturated heterocycles. The Morgan fingerprint density at radius 2 is 2.21 bits per heavy atom. The number of hydrogen-bond acceptors (Lipinski definition) is 4. The number of aliphatic hydroxyl groups is 1. The first-order chi connectivity index (χ1) is 6.57. The molecule has 1 heterocycles. The van der Waals surface area contributed by atoms with Crippen LogP contribution in [-0.4, -0.2) is 21.8 Å². The molecule has 0 bridgehead atoms. The molecule has 0 radical (unpaired) electrons. The molecule has 0 spiro atoms. The number of Topliss-reactive ketones (excluding diaryl/α,β-unsaturated/α-hetero) is 1. The Kier molecular flexibility index (Phi) is 1.75. The van der Waals surface area contributed by atoms with E-state index in [-0.39, 0.29) is 17.7 Å². The topological polar surface area (TPSA) is 66.8 Å². The summed E-state index contributed by atoms with van der Waals surface area (Å²) in [6.07, 6.45) is 0.182. The van der Waals surface area contributed by atoms with Gasteiger partial charge in [0.25, 0.3) is 5.79 Å². The van der Waals surface area contributed by atoms with E-state index in [2.05, 4.69) is 0 Å². The monoisotopic (exact) mass is 194 g/mol. The number of ether oxygens (including phenoxy) is 1. The fourth-order valence-corrected chi connectivity index (χ4v) is 1.46. The maximum Gasteiger partial charge on any atom is 0.272 e. The van der Waals surface area contributed by atoms with Crippen LogP contribution in [0.25, 0.3) is 0 Å². The van der Waals surface area contributed by atoms with E-state index in [1.54, 1.807) is 6.92 Å². The van der Waals surface area contributed by atoms with Gasteiger partial charge in [0.1, 0.15) is 11.5 Å². The van der Waals surface area contributed by atoms with Gasteiger partial charge >= 0.3 is 0 Å². The average molecular weight is 194 g/mol. The number of carbonyl (C=O) groups excluding carboxylic acids is 1. The highest BCUT2D eigenvalue weighted by Crippen LogP contribution is 2.36. The maximum absolute atomic E-state index is 11.6.